The zero-order valence-corrected chi connectivity index (χ0v) is 10.1. The lowest BCUT2D eigenvalue weighted by Crippen LogP contribution is -2.02. The van der Waals surface area contributed by atoms with Crippen molar-refractivity contribution in [2.24, 2.45) is 0 Å². The molecule has 3 aromatic heterocycles. The smallest absolute Gasteiger partial charge is 0.182 e. The van der Waals surface area contributed by atoms with Crippen LogP contribution < -0.4 is 5.43 Å². The molecule has 0 bridgehead atoms. The van der Waals surface area contributed by atoms with Gasteiger partial charge in [0.1, 0.15) is 0 Å². The normalized spacial score (nSPS) is 10.3. The van der Waals surface area contributed by atoms with E-state index in [4.69, 9.17) is 0 Å². The fourth-order valence-corrected chi connectivity index (χ4v) is 1.92. The van der Waals surface area contributed by atoms with Crippen LogP contribution in [0.1, 0.15) is 0 Å². The Balaban J connectivity index is 2.15. The molecule has 0 aromatic carbocycles. The molecule has 0 saturated carbocycles. The second-order valence-electron chi connectivity index (χ2n) is 4.12. The standard InChI is InChI=1S/C15H11N3O/c19-13-9-14(11-1-5-16-6-2-11)18-15(10-13)12-3-7-17-8-4-12/h1-10H,(H,18,19). The van der Waals surface area contributed by atoms with E-state index in [-0.39, 0.29) is 5.43 Å². The van der Waals surface area contributed by atoms with Gasteiger partial charge < -0.3 is 4.98 Å². The highest BCUT2D eigenvalue weighted by Gasteiger charge is 2.03. The summed E-state index contributed by atoms with van der Waals surface area (Å²) in [6.07, 6.45) is 6.80. The lowest BCUT2D eigenvalue weighted by atomic mass is 10.1. The van der Waals surface area contributed by atoms with Crippen LogP contribution in [0.2, 0.25) is 0 Å². The molecule has 0 aliphatic heterocycles. The first kappa shape index (κ1) is 11.3. The topological polar surface area (TPSA) is 58.6 Å². The van der Waals surface area contributed by atoms with Crippen molar-refractivity contribution in [1.29, 1.82) is 0 Å². The molecule has 0 aliphatic rings. The van der Waals surface area contributed by atoms with Crippen LogP contribution >= 0.6 is 0 Å². The van der Waals surface area contributed by atoms with Gasteiger partial charge in [-0.05, 0) is 24.3 Å². The van der Waals surface area contributed by atoms with Crippen molar-refractivity contribution < 1.29 is 0 Å². The highest BCUT2D eigenvalue weighted by molar-refractivity contribution is 5.65. The molecule has 92 valence electrons. The number of hydrogen-bond donors (Lipinski definition) is 1. The summed E-state index contributed by atoms with van der Waals surface area (Å²) in [6.45, 7) is 0. The van der Waals surface area contributed by atoms with E-state index in [2.05, 4.69) is 15.0 Å². The lowest BCUT2D eigenvalue weighted by Gasteiger charge is -2.06. The molecule has 3 aromatic rings. The minimum Gasteiger partial charge on any atom is -0.354 e. The molecular formula is C15H11N3O. The van der Waals surface area contributed by atoms with Gasteiger partial charge in [-0.1, -0.05) is 0 Å². The van der Waals surface area contributed by atoms with Crippen molar-refractivity contribution in [3.8, 4) is 22.5 Å². The summed E-state index contributed by atoms with van der Waals surface area (Å²) in [6, 6.07) is 10.6. The van der Waals surface area contributed by atoms with Gasteiger partial charge in [0, 0.05) is 59.4 Å². The van der Waals surface area contributed by atoms with E-state index in [1.807, 2.05) is 24.3 Å². The average Bonchev–Trinajstić information content (AvgIpc) is 2.48. The summed E-state index contributed by atoms with van der Waals surface area (Å²) in [5.74, 6) is 0. The molecule has 0 amide bonds. The zero-order valence-electron chi connectivity index (χ0n) is 10.1. The first-order chi connectivity index (χ1) is 9.33. The minimum absolute atomic E-state index is 0.0302. The van der Waals surface area contributed by atoms with Gasteiger partial charge in [-0.25, -0.2) is 0 Å². The third kappa shape index (κ3) is 2.42. The summed E-state index contributed by atoms with van der Waals surface area (Å²) >= 11 is 0. The Morgan fingerprint density at radius 3 is 1.58 bits per heavy atom. The monoisotopic (exact) mass is 249 g/mol. The maximum atomic E-state index is 11.8. The van der Waals surface area contributed by atoms with Gasteiger partial charge in [0.25, 0.3) is 0 Å². The van der Waals surface area contributed by atoms with E-state index < -0.39 is 0 Å². The van der Waals surface area contributed by atoms with Crippen LogP contribution in [0.25, 0.3) is 22.5 Å². The largest absolute Gasteiger partial charge is 0.354 e. The van der Waals surface area contributed by atoms with Crippen molar-refractivity contribution in [2.45, 2.75) is 0 Å². The van der Waals surface area contributed by atoms with Crippen LogP contribution in [-0.4, -0.2) is 15.0 Å². The highest BCUT2D eigenvalue weighted by atomic mass is 16.1. The molecule has 19 heavy (non-hydrogen) atoms. The van der Waals surface area contributed by atoms with Crippen LogP contribution in [-0.2, 0) is 0 Å². The number of nitrogens with one attached hydrogen (secondary N) is 1. The minimum atomic E-state index is -0.0302. The Morgan fingerprint density at radius 1 is 0.737 bits per heavy atom. The van der Waals surface area contributed by atoms with Crippen LogP contribution in [0.4, 0.5) is 0 Å². The van der Waals surface area contributed by atoms with Gasteiger partial charge in [0.15, 0.2) is 5.43 Å². The summed E-state index contributed by atoms with van der Waals surface area (Å²) in [5, 5.41) is 0. The van der Waals surface area contributed by atoms with Crippen LogP contribution in [0.3, 0.4) is 0 Å². The van der Waals surface area contributed by atoms with Gasteiger partial charge >= 0.3 is 0 Å². The average molecular weight is 249 g/mol. The van der Waals surface area contributed by atoms with Crippen LogP contribution in [0, 0.1) is 0 Å². The maximum Gasteiger partial charge on any atom is 0.182 e. The molecule has 0 aliphatic carbocycles. The van der Waals surface area contributed by atoms with E-state index in [0.29, 0.717) is 0 Å². The van der Waals surface area contributed by atoms with Crippen molar-refractivity contribution in [3.05, 3.63) is 71.4 Å². The van der Waals surface area contributed by atoms with Crippen molar-refractivity contribution in [3.63, 3.8) is 0 Å². The highest BCUT2D eigenvalue weighted by Crippen LogP contribution is 2.19. The van der Waals surface area contributed by atoms with Gasteiger partial charge in [-0.2, -0.15) is 0 Å². The first-order valence-corrected chi connectivity index (χ1v) is 5.88. The van der Waals surface area contributed by atoms with E-state index in [1.165, 1.54) is 0 Å². The number of aromatic amines is 1. The SMILES string of the molecule is O=c1cc(-c2ccncc2)[nH]c(-c2ccncc2)c1. The van der Waals surface area contributed by atoms with Gasteiger partial charge in [-0.3, -0.25) is 14.8 Å². The number of H-pyrrole nitrogens is 1. The lowest BCUT2D eigenvalue weighted by molar-refractivity contribution is 1.26. The number of aromatic nitrogens is 3. The van der Waals surface area contributed by atoms with E-state index in [9.17, 15) is 4.79 Å². The second-order valence-corrected chi connectivity index (χ2v) is 4.12. The fraction of sp³-hybridized carbons (Fsp3) is 0. The number of rotatable bonds is 2. The maximum absolute atomic E-state index is 11.8. The number of pyridine rings is 3. The van der Waals surface area contributed by atoms with Crippen molar-refractivity contribution >= 4 is 0 Å². The quantitative estimate of drug-likeness (QED) is 0.759. The van der Waals surface area contributed by atoms with Crippen molar-refractivity contribution in [2.75, 3.05) is 0 Å². The molecule has 4 heteroatoms. The van der Waals surface area contributed by atoms with Crippen LogP contribution in [0.15, 0.2) is 66.0 Å². The Hall–Kier alpha value is -2.75. The van der Waals surface area contributed by atoms with E-state index in [1.54, 1.807) is 36.9 Å². The van der Waals surface area contributed by atoms with E-state index in [0.717, 1.165) is 22.5 Å². The predicted octanol–water partition coefficient (Wildman–Crippen LogP) is 2.50. The first-order valence-electron chi connectivity index (χ1n) is 5.88. The molecule has 3 heterocycles. The molecule has 1 N–H and O–H groups in total. The van der Waals surface area contributed by atoms with Gasteiger partial charge in [0.05, 0.1) is 0 Å². The molecule has 4 nitrogen and oxygen atoms in total. The Labute approximate surface area is 109 Å². The molecule has 3 rings (SSSR count). The van der Waals surface area contributed by atoms with Gasteiger partial charge in [0.2, 0.25) is 0 Å². The van der Waals surface area contributed by atoms with Gasteiger partial charge in [-0.15, -0.1) is 0 Å². The molecular weight excluding hydrogens is 238 g/mol. The Morgan fingerprint density at radius 2 is 1.16 bits per heavy atom. The van der Waals surface area contributed by atoms with E-state index >= 15 is 0 Å². The molecule has 0 atom stereocenters. The summed E-state index contributed by atoms with van der Waals surface area (Å²) < 4.78 is 0. The number of nitrogens with zero attached hydrogens (tertiary/aromatic N) is 2. The Bertz CT molecular complexity index is 675. The Kier molecular flexibility index (Phi) is 2.90. The van der Waals surface area contributed by atoms with Crippen LogP contribution in [0.5, 0.6) is 0 Å². The van der Waals surface area contributed by atoms with Crippen molar-refractivity contribution in [1.82, 2.24) is 15.0 Å². The fourth-order valence-electron chi connectivity index (χ4n) is 1.92. The predicted molar refractivity (Wildman–Crippen MR) is 73.5 cm³/mol. The summed E-state index contributed by atoms with van der Waals surface area (Å²) in [4.78, 5) is 23.0. The molecule has 0 fully saturated rings. The molecule has 0 spiro atoms. The molecule has 0 radical (unpaired) electrons. The third-order valence-electron chi connectivity index (χ3n) is 2.83. The molecule has 0 saturated heterocycles. The second kappa shape index (κ2) is 4.86. The third-order valence-corrected chi connectivity index (χ3v) is 2.83. The summed E-state index contributed by atoms with van der Waals surface area (Å²) in [7, 11) is 0. The molecule has 0 unspecified atom stereocenters. The summed E-state index contributed by atoms with van der Waals surface area (Å²) in [5.41, 5.74) is 3.40. The number of hydrogen-bond acceptors (Lipinski definition) is 3. The zero-order chi connectivity index (χ0) is 13.1.